The zero-order valence-electron chi connectivity index (χ0n) is 17.2. The first-order valence-electron chi connectivity index (χ1n) is 10.3. The third-order valence-electron chi connectivity index (χ3n) is 5.56. The third kappa shape index (κ3) is 4.95. The zero-order valence-corrected chi connectivity index (χ0v) is 17.2. The molecule has 1 fully saturated rings. The predicted molar refractivity (Wildman–Crippen MR) is 116 cm³/mol. The van der Waals surface area contributed by atoms with Gasteiger partial charge in [-0.1, -0.05) is 24.3 Å². The highest BCUT2D eigenvalue weighted by Crippen LogP contribution is 2.27. The van der Waals surface area contributed by atoms with Crippen LogP contribution in [0.3, 0.4) is 0 Å². The molecule has 0 unspecified atom stereocenters. The number of ether oxygens (including phenoxy) is 1. The largest absolute Gasteiger partial charge is 0.497 e. The van der Waals surface area contributed by atoms with Crippen molar-refractivity contribution in [1.82, 2.24) is 20.5 Å². The van der Waals surface area contributed by atoms with Crippen molar-refractivity contribution >= 4 is 5.69 Å². The van der Waals surface area contributed by atoms with Gasteiger partial charge in [-0.2, -0.15) is 5.10 Å². The molecule has 0 atom stereocenters. The van der Waals surface area contributed by atoms with Gasteiger partial charge in [0.05, 0.1) is 7.11 Å². The lowest BCUT2D eigenvalue weighted by Gasteiger charge is -2.34. The van der Waals surface area contributed by atoms with Crippen LogP contribution in [0.15, 0.2) is 48.5 Å². The molecule has 152 valence electrons. The van der Waals surface area contributed by atoms with Crippen LogP contribution in [0.4, 0.5) is 5.69 Å². The van der Waals surface area contributed by atoms with Crippen molar-refractivity contribution in [1.29, 1.82) is 0 Å². The summed E-state index contributed by atoms with van der Waals surface area (Å²) in [6.07, 6.45) is 3.19. The Balaban J connectivity index is 1.27. The molecule has 0 saturated carbocycles. The van der Waals surface area contributed by atoms with Crippen molar-refractivity contribution in [3.05, 3.63) is 60.2 Å². The number of hydrogen-bond donors (Lipinski definition) is 2. The Labute approximate surface area is 172 Å². The van der Waals surface area contributed by atoms with Gasteiger partial charge in [0, 0.05) is 37.8 Å². The minimum Gasteiger partial charge on any atom is -0.497 e. The summed E-state index contributed by atoms with van der Waals surface area (Å²) in [6.45, 7) is 5.02. The Morgan fingerprint density at radius 2 is 1.90 bits per heavy atom. The molecule has 0 radical (unpaired) electrons. The maximum Gasteiger partial charge on any atom is 0.151 e. The average Bonchev–Trinajstić information content (AvgIpc) is 3.19. The molecule has 1 saturated heterocycles. The number of methoxy groups -OCH3 is 1. The topological polar surface area (TPSA) is 66.1 Å². The molecule has 0 spiro atoms. The van der Waals surface area contributed by atoms with Crippen molar-refractivity contribution in [2.24, 2.45) is 0 Å². The van der Waals surface area contributed by atoms with Crippen molar-refractivity contribution < 1.29 is 4.74 Å². The van der Waals surface area contributed by atoms with Gasteiger partial charge in [-0.05, 0) is 55.2 Å². The molecule has 29 heavy (non-hydrogen) atoms. The fourth-order valence-electron chi connectivity index (χ4n) is 3.90. The highest BCUT2D eigenvalue weighted by Gasteiger charge is 2.19. The molecule has 0 aliphatic carbocycles. The van der Waals surface area contributed by atoms with Crippen molar-refractivity contribution in [3.63, 3.8) is 0 Å². The highest BCUT2D eigenvalue weighted by atomic mass is 16.5. The molecular weight excluding hydrogens is 362 g/mol. The van der Waals surface area contributed by atoms with Crippen molar-refractivity contribution in [3.8, 4) is 16.9 Å². The van der Waals surface area contributed by atoms with Gasteiger partial charge in [0.1, 0.15) is 11.6 Å². The second-order valence-electron chi connectivity index (χ2n) is 7.58. The summed E-state index contributed by atoms with van der Waals surface area (Å²) in [7, 11) is 1.70. The summed E-state index contributed by atoms with van der Waals surface area (Å²) < 4.78 is 5.34. The molecule has 6 heteroatoms. The number of benzene rings is 2. The summed E-state index contributed by atoms with van der Waals surface area (Å²) >= 11 is 0. The molecule has 1 aromatic heterocycles. The molecule has 2 heterocycles. The molecule has 1 aliphatic rings. The van der Waals surface area contributed by atoms with E-state index in [9.17, 15) is 0 Å². The maximum atomic E-state index is 5.34. The van der Waals surface area contributed by atoms with Gasteiger partial charge in [0.2, 0.25) is 0 Å². The van der Waals surface area contributed by atoms with E-state index in [4.69, 9.17) is 4.74 Å². The lowest BCUT2D eigenvalue weighted by atomic mass is 10.0. The van der Waals surface area contributed by atoms with E-state index >= 15 is 0 Å². The smallest absolute Gasteiger partial charge is 0.151 e. The lowest BCUT2D eigenvalue weighted by Crippen LogP contribution is -2.43. The molecule has 1 aliphatic heterocycles. The number of anilines is 1. The van der Waals surface area contributed by atoms with Gasteiger partial charge < -0.3 is 15.0 Å². The predicted octanol–water partition coefficient (Wildman–Crippen LogP) is 3.59. The average molecular weight is 392 g/mol. The third-order valence-corrected chi connectivity index (χ3v) is 5.56. The van der Waals surface area contributed by atoms with Gasteiger partial charge >= 0.3 is 0 Å². The van der Waals surface area contributed by atoms with Crippen LogP contribution in [0.5, 0.6) is 5.75 Å². The van der Waals surface area contributed by atoms with Crippen LogP contribution in [0.25, 0.3) is 11.1 Å². The number of nitrogens with one attached hydrogen (secondary N) is 2. The Hall–Kier alpha value is -2.86. The summed E-state index contributed by atoms with van der Waals surface area (Å²) in [6, 6.07) is 17.6. The van der Waals surface area contributed by atoms with Crippen molar-refractivity contribution in [2.75, 3.05) is 31.6 Å². The van der Waals surface area contributed by atoms with Gasteiger partial charge in [-0.3, -0.25) is 5.10 Å². The first kappa shape index (κ1) is 19.5. The van der Waals surface area contributed by atoms with E-state index in [1.807, 2.05) is 19.1 Å². The number of aromatic nitrogens is 3. The number of nitrogens with zero attached hydrogens (tertiary/aromatic N) is 3. The molecule has 2 aromatic carbocycles. The SMILES string of the molecule is COc1cccc(-c2ccc(N3CCC(NCCc4n[nH]c(C)n4)CC3)cc2)c1. The number of rotatable bonds is 7. The zero-order chi connectivity index (χ0) is 20.1. The van der Waals surface area contributed by atoms with E-state index in [0.29, 0.717) is 6.04 Å². The number of H-pyrrole nitrogens is 1. The number of piperidine rings is 1. The lowest BCUT2D eigenvalue weighted by molar-refractivity contribution is 0.415. The van der Waals surface area contributed by atoms with Crippen LogP contribution in [-0.4, -0.2) is 48.0 Å². The Kier molecular flexibility index (Phi) is 6.10. The molecule has 0 bridgehead atoms. The van der Waals surface area contributed by atoms with Gasteiger partial charge in [-0.25, -0.2) is 4.98 Å². The monoisotopic (exact) mass is 391 g/mol. The van der Waals surface area contributed by atoms with E-state index in [1.54, 1.807) is 7.11 Å². The summed E-state index contributed by atoms with van der Waals surface area (Å²) in [4.78, 5) is 6.84. The van der Waals surface area contributed by atoms with Crippen LogP contribution >= 0.6 is 0 Å². The normalized spacial score (nSPS) is 14.9. The number of hydrogen-bond acceptors (Lipinski definition) is 5. The second kappa shape index (κ2) is 9.09. The van der Waals surface area contributed by atoms with Gasteiger partial charge in [0.15, 0.2) is 5.82 Å². The number of aryl methyl sites for hydroxylation is 1. The van der Waals surface area contributed by atoms with Crippen LogP contribution in [0, 0.1) is 6.92 Å². The molecule has 4 rings (SSSR count). The number of aromatic amines is 1. The summed E-state index contributed by atoms with van der Waals surface area (Å²) in [5, 5.41) is 10.8. The van der Waals surface area contributed by atoms with Gasteiger partial charge in [-0.15, -0.1) is 0 Å². The maximum absolute atomic E-state index is 5.34. The fourth-order valence-corrected chi connectivity index (χ4v) is 3.90. The standard InChI is InChI=1S/C23H29N5O/c1-17-25-23(27-26-17)10-13-24-20-11-14-28(15-12-20)21-8-6-18(7-9-21)19-4-3-5-22(16-19)29-2/h3-9,16,20,24H,10-15H2,1-2H3,(H,25,26,27). The quantitative estimate of drug-likeness (QED) is 0.644. The van der Waals surface area contributed by atoms with Crippen LogP contribution < -0.4 is 15.0 Å². The minimum atomic E-state index is 0.572. The van der Waals surface area contributed by atoms with Crippen molar-refractivity contribution in [2.45, 2.75) is 32.2 Å². The fraction of sp³-hybridized carbons (Fsp3) is 0.391. The van der Waals surface area contributed by atoms with E-state index in [-0.39, 0.29) is 0 Å². The van der Waals surface area contributed by atoms with E-state index < -0.39 is 0 Å². The molecular formula is C23H29N5O. The summed E-state index contributed by atoms with van der Waals surface area (Å²) in [5.74, 6) is 2.66. The molecule has 3 aromatic rings. The Bertz CT molecular complexity index is 913. The van der Waals surface area contributed by atoms with Crippen LogP contribution in [0.2, 0.25) is 0 Å². The van der Waals surface area contributed by atoms with Crippen LogP contribution in [0.1, 0.15) is 24.5 Å². The Morgan fingerprint density at radius 1 is 1.10 bits per heavy atom. The molecule has 6 nitrogen and oxygen atoms in total. The molecule has 2 N–H and O–H groups in total. The first-order valence-corrected chi connectivity index (χ1v) is 10.3. The van der Waals surface area contributed by atoms with E-state index in [1.165, 1.54) is 16.8 Å². The second-order valence-corrected chi connectivity index (χ2v) is 7.58. The minimum absolute atomic E-state index is 0.572. The first-order chi connectivity index (χ1) is 14.2. The molecule has 0 amide bonds. The highest BCUT2D eigenvalue weighted by molar-refractivity contribution is 5.67. The summed E-state index contributed by atoms with van der Waals surface area (Å²) in [5.41, 5.74) is 3.69. The van der Waals surface area contributed by atoms with Gasteiger partial charge in [0.25, 0.3) is 0 Å². The van der Waals surface area contributed by atoms with E-state index in [0.717, 1.165) is 56.3 Å². The van der Waals surface area contributed by atoms with E-state index in [2.05, 4.69) is 61.8 Å². The van der Waals surface area contributed by atoms with Crippen LogP contribution in [-0.2, 0) is 6.42 Å². The Morgan fingerprint density at radius 3 is 2.59 bits per heavy atom.